The summed E-state index contributed by atoms with van der Waals surface area (Å²) in [5.41, 5.74) is 11.9. The number of hydrogen-bond acceptors (Lipinski definition) is 4. The number of ether oxygens (including phenoxy) is 1. The maximum atomic E-state index is 13.1. The van der Waals surface area contributed by atoms with Gasteiger partial charge in [0.2, 0.25) is 0 Å². The van der Waals surface area contributed by atoms with E-state index in [1.165, 1.54) is 0 Å². The fourth-order valence-corrected chi connectivity index (χ4v) is 5.37. The van der Waals surface area contributed by atoms with E-state index in [-0.39, 0.29) is 18.1 Å². The Morgan fingerprint density at radius 3 is 2.35 bits per heavy atom. The van der Waals surface area contributed by atoms with Gasteiger partial charge in [0.15, 0.2) is 0 Å². The number of nitrogens with two attached hydrogens (primary N) is 1. The zero-order valence-corrected chi connectivity index (χ0v) is 19.6. The number of hydrogen-bond donors (Lipinski definition) is 2. The predicted octanol–water partition coefficient (Wildman–Crippen LogP) is 4.86. The highest BCUT2D eigenvalue weighted by Crippen LogP contribution is 2.40. The Morgan fingerprint density at radius 2 is 1.68 bits per heavy atom. The Bertz CT molecular complexity index is 1150. The van der Waals surface area contributed by atoms with Crippen LogP contribution in [-0.2, 0) is 11.2 Å². The minimum atomic E-state index is -0.192. The average Bonchev–Trinajstić information content (AvgIpc) is 2.90. The molecule has 2 heterocycles. The molecule has 2 atom stereocenters. The van der Waals surface area contributed by atoms with Crippen molar-refractivity contribution in [1.29, 1.82) is 0 Å². The topological polar surface area (TPSA) is 75.8 Å². The number of phenols is 1. The number of benzene rings is 3. The summed E-state index contributed by atoms with van der Waals surface area (Å²) in [6, 6.07) is 22.0. The number of rotatable bonds is 4. The fraction of sp³-hybridized carbons (Fsp3) is 0.345. The number of aromatic hydroxyl groups is 1. The van der Waals surface area contributed by atoms with Crippen molar-refractivity contribution in [3.05, 3.63) is 89.0 Å². The highest BCUT2D eigenvalue weighted by molar-refractivity contribution is 5.94. The molecule has 0 saturated carbocycles. The maximum absolute atomic E-state index is 13.1. The smallest absolute Gasteiger partial charge is 0.253 e. The second-order valence-electron chi connectivity index (χ2n) is 9.47. The highest BCUT2D eigenvalue weighted by Gasteiger charge is 2.36. The van der Waals surface area contributed by atoms with E-state index in [4.69, 9.17) is 10.5 Å². The Hall–Kier alpha value is -3.15. The molecule has 5 heteroatoms. The molecular formula is C29H32N2O3. The number of amides is 1. The Balaban J connectivity index is 1.23. The number of carbonyl (C=O) groups is 1. The molecule has 5 nitrogen and oxygen atoms in total. The molecule has 0 unspecified atom stereocenters. The van der Waals surface area contributed by atoms with Gasteiger partial charge in [-0.2, -0.15) is 0 Å². The third kappa shape index (κ3) is 4.33. The van der Waals surface area contributed by atoms with Crippen LogP contribution in [0.1, 0.15) is 46.0 Å². The van der Waals surface area contributed by atoms with Gasteiger partial charge in [0, 0.05) is 37.2 Å². The molecule has 2 aliphatic rings. The van der Waals surface area contributed by atoms with E-state index in [0.29, 0.717) is 37.7 Å². The Labute approximate surface area is 201 Å². The fourth-order valence-electron chi connectivity index (χ4n) is 5.37. The van der Waals surface area contributed by atoms with Crippen LogP contribution in [0.2, 0.25) is 0 Å². The summed E-state index contributed by atoms with van der Waals surface area (Å²) in [5.74, 6) is 0.795. The molecule has 0 aliphatic carbocycles. The van der Waals surface area contributed by atoms with Crippen LogP contribution in [0.5, 0.6) is 5.75 Å². The average molecular weight is 457 g/mol. The van der Waals surface area contributed by atoms with Gasteiger partial charge in [-0.1, -0.05) is 54.6 Å². The van der Waals surface area contributed by atoms with Crippen molar-refractivity contribution in [2.75, 3.05) is 19.6 Å². The number of fused-ring (bicyclic) bond motifs is 1. The molecule has 3 N–H and O–H groups in total. The summed E-state index contributed by atoms with van der Waals surface area (Å²) in [6.45, 7) is 3.74. The number of piperidine rings is 1. The van der Waals surface area contributed by atoms with Crippen molar-refractivity contribution in [2.24, 2.45) is 11.7 Å². The first kappa shape index (κ1) is 22.6. The monoisotopic (exact) mass is 456 g/mol. The standard InChI is InChI=1S/C29H32N2O3/c1-19-7-12-24-25(28(19)32)17-26(34-27(24)18-30)22-13-15-31(16-14-22)29(33)23-10-8-21(9-11-23)20-5-3-2-4-6-20/h2-12,22,26-27,32H,13-18,30H2,1H3/t26-,27-/m0/s1. The molecule has 0 spiro atoms. The number of likely N-dealkylation sites (tertiary alicyclic amines) is 1. The van der Waals surface area contributed by atoms with Gasteiger partial charge in [0.1, 0.15) is 5.75 Å². The molecule has 3 aromatic rings. The minimum Gasteiger partial charge on any atom is -0.507 e. The molecule has 1 amide bonds. The first-order valence-corrected chi connectivity index (χ1v) is 12.2. The Morgan fingerprint density at radius 1 is 1.00 bits per heavy atom. The lowest BCUT2D eigenvalue weighted by atomic mass is 9.83. The first-order chi connectivity index (χ1) is 16.5. The van der Waals surface area contributed by atoms with Crippen molar-refractivity contribution in [3.8, 4) is 16.9 Å². The normalized spacial score (nSPS) is 20.7. The van der Waals surface area contributed by atoms with E-state index in [2.05, 4.69) is 12.1 Å². The molecule has 5 rings (SSSR count). The van der Waals surface area contributed by atoms with Crippen molar-refractivity contribution < 1.29 is 14.6 Å². The zero-order chi connectivity index (χ0) is 23.7. The molecule has 34 heavy (non-hydrogen) atoms. The second kappa shape index (κ2) is 9.61. The lowest BCUT2D eigenvalue weighted by Crippen LogP contribution is -2.44. The van der Waals surface area contributed by atoms with Crippen molar-refractivity contribution in [3.63, 3.8) is 0 Å². The van der Waals surface area contributed by atoms with Crippen molar-refractivity contribution in [2.45, 2.75) is 38.4 Å². The molecule has 0 aromatic heterocycles. The summed E-state index contributed by atoms with van der Waals surface area (Å²) >= 11 is 0. The van der Waals surface area contributed by atoms with Crippen LogP contribution in [0.3, 0.4) is 0 Å². The van der Waals surface area contributed by atoms with Crippen LogP contribution in [-0.4, -0.2) is 41.7 Å². The molecule has 0 radical (unpaired) electrons. The largest absolute Gasteiger partial charge is 0.507 e. The Kier molecular flexibility index (Phi) is 6.40. The molecule has 2 aliphatic heterocycles. The lowest BCUT2D eigenvalue weighted by Gasteiger charge is -2.40. The number of aryl methyl sites for hydroxylation is 1. The summed E-state index contributed by atoms with van der Waals surface area (Å²) < 4.78 is 6.39. The van der Waals surface area contributed by atoms with Crippen molar-refractivity contribution >= 4 is 5.91 Å². The van der Waals surface area contributed by atoms with E-state index in [1.807, 2.05) is 66.4 Å². The third-order valence-corrected chi connectivity index (χ3v) is 7.42. The number of phenolic OH excluding ortho intramolecular Hbond substituents is 1. The summed E-state index contributed by atoms with van der Waals surface area (Å²) in [7, 11) is 0. The van der Waals surface area contributed by atoms with E-state index in [1.54, 1.807) is 0 Å². The molecule has 1 fully saturated rings. The molecule has 1 saturated heterocycles. The van der Waals surface area contributed by atoms with Gasteiger partial charge in [0.25, 0.3) is 5.91 Å². The van der Waals surface area contributed by atoms with Gasteiger partial charge >= 0.3 is 0 Å². The lowest BCUT2D eigenvalue weighted by molar-refractivity contribution is -0.0632. The molecule has 176 valence electrons. The van der Waals surface area contributed by atoms with Gasteiger partial charge in [-0.15, -0.1) is 0 Å². The predicted molar refractivity (Wildman–Crippen MR) is 134 cm³/mol. The molecule has 3 aromatic carbocycles. The van der Waals surface area contributed by atoms with Gasteiger partial charge < -0.3 is 20.5 Å². The zero-order valence-electron chi connectivity index (χ0n) is 19.6. The van der Waals surface area contributed by atoms with Gasteiger partial charge in [-0.3, -0.25) is 4.79 Å². The van der Waals surface area contributed by atoms with E-state index >= 15 is 0 Å². The summed E-state index contributed by atoms with van der Waals surface area (Å²) in [4.78, 5) is 15.1. The van der Waals surface area contributed by atoms with Gasteiger partial charge in [-0.05, 0) is 60.1 Å². The molecular weight excluding hydrogens is 424 g/mol. The van der Waals surface area contributed by atoms with Crippen molar-refractivity contribution in [1.82, 2.24) is 4.90 Å². The highest BCUT2D eigenvalue weighted by atomic mass is 16.5. The molecule has 0 bridgehead atoms. The van der Waals surface area contributed by atoms with Crippen LogP contribution in [0, 0.1) is 12.8 Å². The number of carbonyl (C=O) groups excluding carboxylic acids is 1. The van der Waals surface area contributed by atoms with Gasteiger partial charge in [-0.25, -0.2) is 0 Å². The van der Waals surface area contributed by atoms with E-state index in [9.17, 15) is 9.90 Å². The van der Waals surface area contributed by atoms with E-state index < -0.39 is 0 Å². The van der Waals surface area contributed by atoms with Crippen LogP contribution in [0.25, 0.3) is 11.1 Å². The minimum absolute atomic E-state index is 0.0103. The van der Waals surface area contributed by atoms with E-state index in [0.717, 1.165) is 46.2 Å². The number of nitrogens with zero attached hydrogens (tertiary/aromatic N) is 1. The van der Waals surface area contributed by atoms with Gasteiger partial charge in [0.05, 0.1) is 12.2 Å². The van der Waals surface area contributed by atoms with Crippen LogP contribution < -0.4 is 5.73 Å². The SMILES string of the molecule is Cc1ccc2c(c1O)C[C@@H](C1CCN(C(=O)c3ccc(-c4ccccc4)cc3)CC1)O[C@H]2CN. The second-order valence-corrected chi connectivity index (χ2v) is 9.47. The summed E-state index contributed by atoms with van der Waals surface area (Å²) in [6.07, 6.45) is 2.29. The van der Waals surface area contributed by atoms with Crippen LogP contribution >= 0.6 is 0 Å². The maximum Gasteiger partial charge on any atom is 0.253 e. The quantitative estimate of drug-likeness (QED) is 0.588. The van der Waals surface area contributed by atoms with Crippen LogP contribution in [0.4, 0.5) is 0 Å². The first-order valence-electron chi connectivity index (χ1n) is 12.2. The third-order valence-electron chi connectivity index (χ3n) is 7.42. The summed E-state index contributed by atoms with van der Waals surface area (Å²) in [5, 5.41) is 10.7. The van der Waals surface area contributed by atoms with Crippen LogP contribution in [0.15, 0.2) is 66.7 Å².